The molecular weight excluding hydrogens is 279 g/mol. The highest BCUT2D eigenvalue weighted by Gasteiger charge is 2.31. The minimum Gasteiger partial charge on any atom is -0.391 e. The van der Waals surface area contributed by atoms with Gasteiger partial charge in [-0.05, 0) is 24.8 Å². The third-order valence-electron chi connectivity index (χ3n) is 3.67. The summed E-state index contributed by atoms with van der Waals surface area (Å²) in [5.74, 6) is -4.09. The predicted octanol–water partition coefficient (Wildman–Crippen LogP) is 3.08. The van der Waals surface area contributed by atoms with Crippen molar-refractivity contribution >= 4 is 12.4 Å². The lowest BCUT2D eigenvalue weighted by atomic mass is 9.90. The van der Waals surface area contributed by atoms with Crippen molar-refractivity contribution in [2.24, 2.45) is 11.7 Å². The summed E-state index contributed by atoms with van der Waals surface area (Å²) < 4.78 is 39.5. The third-order valence-corrected chi connectivity index (χ3v) is 3.67. The fourth-order valence-electron chi connectivity index (χ4n) is 2.57. The highest BCUT2D eigenvalue weighted by Crippen LogP contribution is 2.33. The Hall–Kier alpha value is -0.780. The highest BCUT2D eigenvalue weighted by molar-refractivity contribution is 5.85. The molecule has 0 amide bonds. The van der Waals surface area contributed by atoms with E-state index in [0.717, 1.165) is 37.8 Å². The van der Waals surface area contributed by atoms with Crippen molar-refractivity contribution < 1.29 is 18.3 Å². The Bertz CT molecular complexity index is 438. The zero-order valence-corrected chi connectivity index (χ0v) is 11.1. The van der Waals surface area contributed by atoms with Crippen LogP contribution in [0.3, 0.4) is 0 Å². The monoisotopic (exact) mass is 295 g/mol. The average molecular weight is 296 g/mol. The van der Waals surface area contributed by atoms with Gasteiger partial charge in [-0.1, -0.05) is 18.9 Å². The Morgan fingerprint density at radius 1 is 1.11 bits per heavy atom. The summed E-state index contributed by atoms with van der Waals surface area (Å²) in [6.07, 6.45) is 2.76. The molecule has 2 atom stereocenters. The molecule has 19 heavy (non-hydrogen) atoms. The maximum Gasteiger partial charge on any atom is 0.194 e. The van der Waals surface area contributed by atoms with Crippen LogP contribution in [0.5, 0.6) is 0 Å². The Kier molecular flexibility index (Phi) is 5.64. The predicted molar refractivity (Wildman–Crippen MR) is 68.5 cm³/mol. The quantitative estimate of drug-likeness (QED) is 0.842. The summed E-state index contributed by atoms with van der Waals surface area (Å²) in [5, 5.41) is 10.0. The second-order valence-electron chi connectivity index (χ2n) is 4.83. The van der Waals surface area contributed by atoms with Gasteiger partial charge < -0.3 is 10.8 Å². The molecular formula is C13H17ClF3NO. The first kappa shape index (κ1) is 16.3. The van der Waals surface area contributed by atoms with Gasteiger partial charge in [0.1, 0.15) is 0 Å². The van der Waals surface area contributed by atoms with Crippen molar-refractivity contribution in [3.8, 4) is 0 Å². The van der Waals surface area contributed by atoms with Crippen LogP contribution in [0, 0.1) is 23.4 Å². The van der Waals surface area contributed by atoms with E-state index in [1.807, 2.05) is 0 Å². The molecule has 0 unspecified atom stereocenters. The van der Waals surface area contributed by atoms with E-state index in [4.69, 9.17) is 5.73 Å². The van der Waals surface area contributed by atoms with Crippen LogP contribution in [0.4, 0.5) is 13.2 Å². The molecule has 0 aromatic heterocycles. The number of nitrogens with two attached hydrogens (primary N) is 1. The Balaban J connectivity index is 0.00000180. The molecule has 1 aliphatic carbocycles. The summed E-state index contributed by atoms with van der Waals surface area (Å²) in [5.41, 5.74) is 5.59. The zero-order valence-electron chi connectivity index (χ0n) is 10.3. The second-order valence-corrected chi connectivity index (χ2v) is 4.83. The first-order valence-corrected chi connectivity index (χ1v) is 6.09. The van der Waals surface area contributed by atoms with Gasteiger partial charge in [-0.3, -0.25) is 0 Å². The smallest absolute Gasteiger partial charge is 0.194 e. The first-order chi connectivity index (χ1) is 8.52. The van der Waals surface area contributed by atoms with E-state index in [9.17, 15) is 18.3 Å². The van der Waals surface area contributed by atoms with Gasteiger partial charge in [-0.15, -0.1) is 12.4 Å². The number of hydrogen-bond acceptors (Lipinski definition) is 2. The standard InChI is InChI=1S/C13H16F3NO.ClH/c14-9-6-5-8(10(15)11(9)16)12(17)13(18)7-3-1-2-4-7;/h5-7,12-13,18H,1-4,17H2;1H/t12-,13+;/m0./s1. The van der Waals surface area contributed by atoms with E-state index in [1.54, 1.807) is 0 Å². The van der Waals surface area contributed by atoms with Gasteiger partial charge in [0.25, 0.3) is 0 Å². The molecule has 1 aliphatic rings. The zero-order chi connectivity index (χ0) is 13.3. The molecule has 3 N–H and O–H groups in total. The van der Waals surface area contributed by atoms with Crippen LogP contribution in [-0.4, -0.2) is 11.2 Å². The summed E-state index contributed by atoms with van der Waals surface area (Å²) >= 11 is 0. The van der Waals surface area contributed by atoms with Gasteiger partial charge >= 0.3 is 0 Å². The summed E-state index contributed by atoms with van der Waals surface area (Å²) in [7, 11) is 0. The van der Waals surface area contributed by atoms with E-state index in [2.05, 4.69) is 0 Å². The number of benzene rings is 1. The fourth-order valence-corrected chi connectivity index (χ4v) is 2.57. The lowest BCUT2D eigenvalue weighted by molar-refractivity contribution is 0.0829. The molecule has 6 heteroatoms. The molecule has 108 valence electrons. The average Bonchev–Trinajstić information content (AvgIpc) is 2.88. The normalized spacial score (nSPS) is 19.0. The third kappa shape index (κ3) is 3.22. The number of hydrogen-bond donors (Lipinski definition) is 2. The minimum atomic E-state index is -1.54. The molecule has 0 saturated heterocycles. The first-order valence-electron chi connectivity index (χ1n) is 6.09. The van der Waals surface area contributed by atoms with Crippen LogP contribution >= 0.6 is 12.4 Å². The molecule has 0 radical (unpaired) electrons. The lowest BCUT2D eigenvalue weighted by Crippen LogP contribution is -2.32. The number of halogens is 4. The Morgan fingerprint density at radius 2 is 1.68 bits per heavy atom. The largest absolute Gasteiger partial charge is 0.391 e. The molecule has 2 rings (SSSR count). The van der Waals surface area contributed by atoms with Crippen LogP contribution in [0.2, 0.25) is 0 Å². The van der Waals surface area contributed by atoms with E-state index in [1.165, 1.54) is 0 Å². The van der Waals surface area contributed by atoms with Crippen molar-refractivity contribution in [1.82, 2.24) is 0 Å². The van der Waals surface area contributed by atoms with Gasteiger partial charge in [-0.2, -0.15) is 0 Å². The van der Waals surface area contributed by atoms with E-state index in [-0.39, 0.29) is 23.9 Å². The van der Waals surface area contributed by atoms with Gasteiger partial charge in [0.2, 0.25) is 0 Å². The summed E-state index contributed by atoms with van der Waals surface area (Å²) in [6, 6.07) is 0.897. The number of rotatable bonds is 3. The molecule has 2 nitrogen and oxygen atoms in total. The molecule has 1 aromatic rings. The van der Waals surface area contributed by atoms with Gasteiger partial charge in [0.05, 0.1) is 12.1 Å². The molecule has 0 bridgehead atoms. The van der Waals surface area contributed by atoms with Crippen molar-refractivity contribution in [2.45, 2.75) is 37.8 Å². The molecule has 0 heterocycles. The van der Waals surface area contributed by atoms with Gasteiger partial charge in [-0.25, -0.2) is 13.2 Å². The summed E-state index contributed by atoms with van der Waals surface area (Å²) in [6.45, 7) is 0. The number of aliphatic hydroxyl groups excluding tert-OH is 1. The van der Waals surface area contributed by atoms with E-state index in [0.29, 0.717) is 0 Å². The second kappa shape index (κ2) is 6.59. The van der Waals surface area contributed by atoms with Crippen LogP contribution in [0.15, 0.2) is 12.1 Å². The molecule has 0 aliphatic heterocycles. The highest BCUT2D eigenvalue weighted by atomic mass is 35.5. The fraction of sp³-hybridized carbons (Fsp3) is 0.538. The van der Waals surface area contributed by atoms with Crippen molar-refractivity contribution in [3.63, 3.8) is 0 Å². The van der Waals surface area contributed by atoms with Crippen molar-refractivity contribution in [3.05, 3.63) is 35.1 Å². The topological polar surface area (TPSA) is 46.2 Å². The molecule has 0 spiro atoms. The van der Waals surface area contributed by atoms with E-state index >= 15 is 0 Å². The SMILES string of the molecule is Cl.N[C@@H](c1ccc(F)c(F)c1F)[C@H](O)C1CCCC1. The van der Waals surface area contributed by atoms with Crippen LogP contribution in [0.25, 0.3) is 0 Å². The van der Waals surface area contributed by atoms with Gasteiger partial charge in [0, 0.05) is 5.56 Å². The van der Waals surface area contributed by atoms with Crippen molar-refractivity contribution in [2.75, 3.05) is 0 Å². The summed E-state index contributed by atoms with van der Waals surface area (Å²) in [4.78, 5) is 0. The molecule has 1 saturated carbocycles. The van der Waals surface area contributed by atoms with Crippen LogP contribution < -0.4 is 5.73 Å². The Morgan fingerprint density at radius 3 is 2.26 bits per heavy atom. The van der Waals surface area contributed by atoms with E-state index < -0.39 is 29.6 Å². The van der Waals surface area contributed by atoms with Crippen LogP contribution in [0.1, 0.15) is 37.3 Å². The van der Waals surface area contributed by atoms with Crippen molar-refractivity contribution in [1.29, 1.82) is 0 Å². The Labute approximate surface area is 116 Å². The minimum absolute atomic E-state index is 0. The lowest BCUT2D eigenvalue weighted by Gasteiger charge is -2.25. The maximum atomic E-state index is 13.6. The van der Waals surface area contributed by atoms with Crippen LogP contribution in [-0.2, 0) is 0 Å². The van der Waals surface area contributed by atoms with Gasteiger partial charge in [0.15, 0.2) is 17.5 Å². The molecule has 1 aromatic carbocycles. The molecule has 1 fully saturated rings. The number of aliphatic hydroxyl groups is 1. The maximum absolute atomic E-state index is 13.6.